The third-order valence-electron chi connectivity index (χ3n) is 4.79. The summed E-state index contributed by atoms with van der Waals surface area (Å²) in [4.78, 5) is 27.4. The average molecular weight is 430 g/mol. The van der Waals surface area contributed by atoms with Crippen LogP contribution in [0.25, 0.3) is 0 Å². The zero-order valence-corrected chi connectivity index (χ0v) is 17.3. The lowest BCUT2D eigenvalue weighted by atomic mass is 10.0. The van der Waals surface area contributed by atoms with Gasteiger partial charge in [-0.25, -0.2) is 4.79 Å². The number of nitrogens with zero attached hydrogens (tertiary/aromatic N) is 1. The molecule has 2 N–H and O–H groups in total. The zero-order valence-electron chi connectivity index (χ0n) is 15.8. The number of anilines is 2. The summed E-state index contributed by atoms with van der Waals surface area (Å²) in [6.45, 7) is 6.48. The molecule has 142 valence electrons. The molecule has 0 bridgehead atoms. The number of aryl methyl sites for hydroxylation is 1. The molecular formula is C21H24BrN3O2. The van der Waals surface area contributed by atoms with Gasteiger partial charge in [0, 0.05) is 22.4 Å². The molecule has 2 aromatic rings. The molecule has 1 atom stereocenters. The van der Waals surface area contributed by atoms with Crippen molar-refractivity contribution in [2.45, 2.75) is 33.2 Å². The van der Waals surface area contributed by atoms with E-state index in [-0.39, 0.29) is 17.9 Å². The van der Waals surface area contributed by atoms with Crippen molar-refractivity contribution in [3.63, 3.8) is 0 Å². The molecule has 0 fully saturated rings. The van der Waals surface area contributed by atoms with E-state index in [9.17, 15) is 9.59 Å². The van der Waals surface area contributed by atoms with Crippen LogP contribution in [0.4, 0.5) is 16.2 Å². The first kappa shape index (κ1) is 19.4. The van der Waals surface area contributed by atoms with Crippen LogP contribution in [0.1, 0.15) is 25.0 Å². The fraction of sp³-hybridized carbons (Fsp3) is 0.333. The van der Waals surface area contributed by atoms with Gasteiger partial charge in [0.2, 0.25) is 5.91 Å². The molecular weight excluding hydrogens is 406 g/mol. The summed E-state index contributed by atoms with van der Waals surface area (Å²) in [5, 5.41) is 5.67. The van der Waals surface area contributed by atoms with Gasteiger partial charge in [-0.1, -0.05) is 48.0 Å². The van der Waals surface area contributed by atoms with Gasteiger partial charge in [-0.05, 0) is 54.7 Å². The molecule has 0 radical (unpaired) electrons. The number of amides is 3. The van der Waals surface area contributed by atoms with E-state index in [4.69, 9.17) is 0 Å². The highest BCUT2D eigenvalue weighted by Crippen LogP contribution is 2.28. The third kappa shape index (κ3) is 4.33. The molecule has 27 heavy (non-hydrogen) atoms. The number of rotatable bonds is 4. The molecule has 0 saturated heterocycles. The highest BCUT2D eigenvalue weighted by Gasteiger charge is 2.32. The number of para-hydroxylation sites is 1. The first-order valence-corrected chi connectivity index (χ1v) is 9.89. The topological polar surface area (TPSA) is 61.4 Å². The lowest BCUT2D eigenvalue weighted by Crippen LogP contribution is -2.52. The lowest BCUT2D eigenvalue weighted by Gasteiger charge is -2.27. The Labute approximate surface area is 168 Å². The summed E-state index contributed by atoms with van der Waals surface area (Å²) < 4.78 is 0.983. The number of carbonyl (C=O) groups is 2. The number of nitrogens with one attached hydrogen (secondary N) is 2. The van der Waals surface area contributed by atoms with E-state index in [1.165, 1.54) is 5.56 Å². The normalized spacial score (nSPS) is 14.0. The molecule has 0 saturated carbocycles. The standard InChI is InChI=1S/C21H24BrN3O2/c1-13(2)19(20(26)25-11-10-15-6-4-5-7-18(15)25)24-21(27)23-16-8-9-17(22)14(3)12-16/h4-9,12-13,19H,10-11H2,1-3H3,(H2,23,24,27). The van der Waals surface area contributed by atoms with Crippen LogP contribution in [0.2, 0.25) is 0 Å². The number of hydrogen-bond acceptors (Lipinski definition) is 2. The van der Waals surface area contributed by atoms with E-state index in [1.807, 2.05) is 63.2 Å². The number of carbonyl (C=O) groups excluding carboxylic acids is 2. The Hall–Kier alpha value is -2.34. The van der Waals surface area contributed by atoms with Gasteiger partial charge in [-0.3, -0.25) is 4.79 Å². The highest BCUT2D eigenvalue weighted by atomic mass is 79.9. The van der Waals surface area contributed by atoms with Crippen molar-refractivity contribution in [2.24, 2.45) is 5.92 Å². The minimum Gasteiger partial charge on any atom is -0.326 e. The summed E-state index contributed by atoms with van der Waals surface area (Å²) in [7, 11) is 0. The van der Waals surface area contributed by atoms with Crippen molar-refractivity contribution >= 4 is 39.2 Å². The van der Waals surface area contributed by atoms with Crippen LogP contribution in [0.5, 0.6) is 0 Å². The number of benzene rings is 2. The Morgan fingerprint density at radius 2 is 1.89 bits per heavy atom. The molecule has 6 heteroatoms. The smallest absolute Gasteiger partial charge is 0.319 e. The SMILES string of the molecule is Cc1cc(NC(=O)NC(C(=O)N2CCc3ccccc32)C(C)C)ccc1Br. The minimum atomic E-state index is -0.590. The molecule has 3 rings (SSSR count). The van der Waals surface area contributed by atoms with Crippen LogP contribution < -0.4 is 15.5 Å². The number of urea groups is 1. The lowest BCUT2D eigenvalue weighted by molar-refractivity contribution is -0.121. The Balaban J connectivity index is 1.71. The summed E-state index contributed by atoms with van der Waals surface area (Å²) in [6.07, 6.45) is 0.844. The second-order valence-electron chi connectivity index (χ2n) is 7.15. The second kappa shape index (κ2) is 8.13. The van der Waals surface area contributed by atoms with E-state index >= 15 is 0 Å². The summed E-state index contributed by atoms with van der Waals surface area (Å²) in [5.74, 6) is -0.0975. The Morgan fingerprint density at radius 1 is 1.15 bits per heavy atom. The van der Waals surface area contributed by atoms with E-state index in [2.05, 4.69) is 26.6 Å². The van der Waals surface area contributed by atoms with Crippen molar-refractivity contribution < 1.29 is 9.59 Å². The molecule has 2 aromatic carbocycles. The number of hydrogen-bond donors (Lipinski definition) is 2. The van der Waals surface area contributed by atoms with Crippen LogP contribution in [0, 0.1) is 12.8 Å². The van der Waals surface area contributed by atoms with Crippen LogP contribution in [-0.4, -0.2) is 24.5 Å². The van der Waals surface area contributed by atoms with Crippen molar-refractivity contribution in [3.8, 4) is 0 Å². The van der Waals surface area contributed by atoms with Crippen LogP contribution >= 0.6 is 15.9 Å². The zero-order chi connectivity index (χ0) is 19.6. The summed E-state index contributed by atoms with van der Waals surface area (Å²) in [6, 6.07) is 12.5. The van der Waals surface area contributed by atoms with Crippen LogP contribution in [-0.2, 0) is 11.2 Å². The third-order valence-corrected chi connectivity index (χ3v) is 5.68. The van der Waals surface area contributed by atoms with Gasteiger partial charge in [0.25, 0.3) is 0 Å². The fourth-order valence-electron chi connectivity index (χ4n) is 3.28. The van der Waals surface area contributed by atoms with Gasteiger partial charge >= 0.3 is 6.03 Å². The van der Waals surface area contributed by atoms with Crippen molar-refractivity contribution in [3.05, 3.63) is 58.1 Å². The Bertz CT molecular complexity index is 866. The summed E-state index contributed by atoms with van der Waals surface area (Å²) in [5.41, 5.74) is 3.83. The fourth-order valence-corrected chi connectivity index (χ4v) is 3.53. The second-order valence-corrected chi connectivity index (χ2v) is 8.01. The first-order chi connectivity index (χ1) is 12.9. The first-order valence-electron chi connectivity index (χ1n) is 9.09. The predicted octanol–water partition coefficient (Wildman–Crippen LogP) is 4.49. The van der Waals surface area contributed by atoms with Crippen molar-refractivity contribution in [1.29, 1.82) is 0 Å². The molecule has 1 aliphatic rings. The molecule has 3 amide bonds. The van der Waals surface area contributed by atoms with Crippen LogP contribution in [0.3, 0.4) is 0 Å². The van der Waals surface area contributed by atoms with Crippen molar-refractivity contribution in [2.75, 3.05) is 16.8 Å². The number of fused-ring (bicyclic) bond motifs is 1. The van der Waals surface area contributed by atoms with E-state index in [0.717, 1.165) is 22.1 Å². The molecule has 0 aromatic heterocycles. The number of halogens is 1. The van der Waals surface area contributed by atoms with Gasteiger partial charge < -0.3 is 15.5 Å². The quantitative estimate of drug-likeness (QED) is 0.751. The molecule has 0 spiro atoms. The van der Waals surface area contributed by atoms with Gasteiger partial charge in [0.15, 0.2) is 0 Å². The van der Waals surface area contributed by atoms with E-state index in [1.54, 1.807) is 4.90 Å². The molecule has 1 aliphatic heterocycles. The van der Waals surface area contributed by atoms with Gasteiger partial charge in [-0.2, -0.15) is 0 Å². The highest BCUT2D eigenvalue weighted by molar-refractivity contribution is 9.10. The average Bonchev–Trinajstić information content (AvgIpc) is 3.06. The Morgan fingerprint density at radius 3 is 2.59 bits per heavy atom. The molecule has 5 nitrogen and oxygen atoms in total. The van der Waals surface area contributed by atoms with E-state index < -0.39 is 6.04 Å². The predicted molar refractivity (Wildman–Crippen MR) is 112 cm³/mol. The van der Waals surface area contributed by atoms with E-state index in [0.29, 0.717) is 12.2 Å². The maximum absolute atomic E-state index is 13.1. The van der Waals surface area contributed by atoms with Gasteiger partial charge in [0.1, 0.15) is 6.04 Å². The minimum absolute atomic E-state index is 0.0253. The summed E-state index contributed by atoms with van der Waals surface area (Å²) >= 11 is 3.45. The maximum atomic E-state index is 13.1. The Kier molecular flexibility index (Phi) is 5.85. The molecule has 1 unspecified atom stereocenters. The van der Waals surface area contributed by atoms with Crippen LogP contribution in [0.15, 0.2) is 46.9 Å². The molecule has 0 aliphatic carbocycles. The van der Waals surface area contributed by atoms with Gasteiger partial charge in [0.05, 0.1) is 0 Å². The maximum Gasteiger partial charge on any atom is 0.319 e. The van der Waals surface area contributed by atoms with Crippen molar-refractivity contribution in [1.82, 2.24) is 5.32 Å². The molecule has 1 heterocycles. The largest absolute Gasteiger partial charge is 0.326 e. The van der Waals surface area contributed by atoms with Gasteiger partial charge in [-0.15, -0.1) is 0 Å². The monoisotopic (exact) mass is 429 g/mol.